The van der Waals surface area contributed by atoms with E-state index in [4.69, 9.17) is 47.1 Å². The van der Waals surface area contributed by atoms with Gasteiger partial charge in [0, 0.05) is 57.6 Å². The first-order chi connectivity index (χ1) is 35.4. The molecule has 8 bridgehead atoms. The van der Waals surface area contributed by atoms with Crippen molar-refractivity contribution in [2.24, 2.45) is 25.0 Å². The largest absolute Gasteiger partial charge is 0.256 e. The third kappa shape index (κ3) is 8.18. The van der Waals surface area contributed by atoms with E-state index in [1.807, 2.05) is 61.1 Å². The summed E-state index contributed by atoms with van der Waals surface area (Å²) in [6.07, 6.45) is 22.3. The lowest BCUT2D eigenvalue weighted by Crippen LogP contribution is -2.05. The average molecular weight is 943 g/mol. The number of allylic oxidation sites excluding steroid dienone is 12. The Morgan fingerprint density at radius 1 is 0.361 bits per heavy atom. The summed E-state index contributed by atoms with van der Waals surface area (Å²) in [6, 6.07) is 45.5. The number of isothiocyanates is 1. The second-order valence-electron chi connectivity index (χ2n) is 17.9. The minimum atomic E-state index is 0.703. The van der Waals surface area contributed by atoms with Crippen molar-refractivity contribution in [3.63, 3.8) is 0 Å². The summed E-state index contributed by atoms with van der Waals surface area (Å²) in [5.41, 5.74) is 22.7. The number of hydrogen-bond acceptors (Lipinski definition) is 9. The van der Waals surface area contributed by atoms with Gasteiger partial charge >= 0.3 is 0 Å². The van der Waals surface area contributed by atoms with Crippen LogP contribution < -0.4 is 0 Å². The molecule has 7 aromatic rings. The highest BCUT2D eigenvalue weighted by molar-refractivity contribution is 7.78. The molecule has 0 N–H and O–H groups in total. The smallest absolute Gasteiger partial charge is 0.0739 e. The molecule has 0 aliphatic carbocycles. The Balaban J connectivity index is 1.18. The van der Waals surface area contributed by atoms with E-state index in [9.17, 15) is 0 Å². The van der Waals surface area contributed by atoms with Gasteiger partial charge in [0.05, 0.1) is 73.6 Å². The molecule has 0 spiro atoms. The zero-order valence-electron chi connectivity index (χ0n) is 39.5. The van der Waals surface area contributed by atoms with Crippen molar-refractivity contribution in [1.82, 2.24) is 15.0 Å². The van der Waals surface area contributed by atoms with E-state index in [1.165, 1.54) is 0 Å². The number of nitrogens with zero attached hydrogens (tertiary/aromatic N) is 8. The van der Waals surface area contributed by atoms with Gasteiger partial charge in [-0.2, -0.15) is 4.99 Å². The van der Waals surface area contributed by atoms with Crippen LogP contribution in [0.25, 0.3) is 56.1 Å². The first-order valence-electron chi connectivity index (χ1n) is 23.7. The van der Waals surface area contributed by atoms with Crippen LogP contribution in [0.3, 0.4) is 0 Å². The summed E-state index contributed by atoms with van der Waals surface area (Å²) >= 11 is 4.97. The van der Waals surface area contributed by atoms with Crippen LogP contribution in [0.5, 0.6) is 0 Å². The number of benzene rings is 4. The topological polar surface area (TPSA) is 100 Å². The van der Waals surface area contributed by atoms with Crippen LogP contribution >= 0.6 is 12.2 Å². The molecule has 340 valence electrons. The Kier molecular flexibility index (Phi) is 11.3. The third-order valence-corrected chi connectivity index (χ3v) is 13.2. The Morgan fingerprint density at radius 3 is 1.01 bits per heavy atom. The minimum Gasteiger partial charge on any atom is -0.256 e. The fraction of sp³-hybridized carbons (Fsp3) is 0.0476. The second-order valence-corrected chi connectivity index (χ2v) is 18.1. The highest BCUT2D eigenvalue weighted by Crippen LogP contribution is 2.43. The third-order valence-electron chi connectivity index (χ3n) is 13.1. The van der Waals surface area contributed by atoms with Crippen molar-refractivity contribution in [1.29, 1.82) is 0 Å². The van der Waals surface area contributed by atoms with Gasteiger partial charge in [-0.15, -0.1) is 0 Å². The molecule has 8 heterocycles. The number of hydrogen-bond donors (Lipinski definition) is 0. The normalized spacial score (nSPS) is 15.6. The number of fused-ring (bicyclic) bond motifs is 4. The highest BCUT2D eigenvalue weighted by Gasteiger charge is 2.30. The Morgan fingerprint density at radius 2 is 0.681 bits per heavy atom. The maximum absolute atomic E-state index is 5.63. The van der Waals surface area contributed by atoms with Gasteiger partial charge in [0.1, 0.15) is 0 Å². The van der Waals surface area contributed by atoms with Gasteiger partial charge in [-0.3, -0.25) is 15.0 Å². The molecule has 9 heteroatoms. The van der Waals surface area contributed by atoms with Crippen LogP contribution in [-0.4, -0.2) is 43.0 Å². The average Bonchev–Trinajstić information content (AvgIpc) is 4.26. The first-order valence-corrected chi connectivity index (χ1v) is 24.1. The highest BCUT2D eigenvalue weighted by atomic mass is 32.1. The minimum absolute atomic E-state index is 0.703. The monoisotopic (exact) mass is 942 g/mol. The zero-order valence-corrected chi connectivity index (χ0v) is 40.4. The van der Waals surface area contributed by atoms with Crippen molar-refractivity contribution in [3.05, 3.63) is 262 Å². The molecule has 0 atom stereocenters. The number of aromatic nitrogens is 3. The molecular weight excluding hydrogens is 901 g/mol. The van der Waals surface area contributed by atoms with Gasteiger partial charge in [-0.1, -0.05) is 84.9 Å². The fourth-order valence-corrected chi connectivity index (χ4v) is 9.90. The van der Waals surface area contributed by atoms with E-state index in [-0.39, 0.29) is 0 Å². The molecule has 5 aliphatic heterocycles. The van der Waals surface area contributed by atoms with Crippen molar-refractivity contribution in [2.45, 2.75) is 20.8 Å². The molecule has 0 fully saturated rings. The van der Waals surface area contributed by atoms with E-state index in [0.29, 0.717) is 5.69 Å². The van der Waals surface area contributed by atoms with Gasteiger partial charge < -0.3 is 0 Å². The summed E-state index contributed by atoms with van der Waals surface area (Å²) in [5.74, 6) is 0. The maximum atomic E-state index is 5.63. The van der Waals surface area contributed by atoms with Crippen LogP contribution in [0.15, 0.2) is 248 Å². The van der Waals surface area contributed by atoms with Gasteiger partial charge in [-0.25, -0.2) is 20.0 Å². The van der Waals surface area contributed by atoms with Gasteiger partial charge in [-0.05, 0) is 169 Å². The molecule has 3 aromatic heterocycles. The number of aliphatic imine (C=N–C) groups is 5. The van der Waals surface area contributed by atoms with Gasteiger partial charge in [0.2, 0.25) is 0 Å². The van der Waals surface area contributed by atoms with Gasteiger partial charge in [0.15, 0.2) is 0 Å². The van der Waals surface area contributed by atoms with Crippen LogP contribution in [-0.2, 0) is 0 Å². The van der Waals surface area contributed by atoms with Crippen molar-refractivity contribution < 1.29 is 0 Å². The molecule has 0 saturated carbocycles. The maximum Gasteiger partial charge on any atom is 0.0739 e. The summed E-state index contributed by atoms with van der Waals surface area (Å²) in [5, 5.41) is 2.50. The zero-order chi connectivity index (χ0) is 48.7. The lowest BCUT2D eigenvalue weighted by Gasteiger charge is -2.16. The predicted molar refractivity (Wildman–Crippen MR) is 298 cm³/mol. The molecule has 0 saturated heterocycles. The molecule has 12 rings (SSSR count). The van der Waals surface area contributed by atoms with Gasteiger partial charge in [0.25, 0.3) is 0 Å². The Hall–Kier alpha value is -9.27. The second kappa shape index (κ2) is 18.6. The predicted octanol–water partition coefficient (Wildman–Crippen LogP) is 14.5. The Labute approximate surface area is 422 Å². The van der Waals surface area contributed by atoms with Crippen LogP contribution in [0.2, 0.25) is 0 Å². The fourth-order valence-electron chi connectivity index (χ4n) is 9.79. The standard InChI is InChI=1S/C63H42N8S/c1-38-28-31-64-57(34-38)43-10-4-7-13-46(43)61-51-22-20-49(68-51)60(41-16-18-42(19-17-41)67-37-72)50-21-23-52(69-50)62(47-14-8-5-11-44(47)58-35-39(2)29-32-65-58)54-25-27-56(71-54)63(55-26-24-53(61)70-55)48-15-9-6-12-45(48)59-36-40(3)30-33-66-59/h4-36H,1-3H3. The van der Waals surface area contributed by atoms with Crippen LogP contribution in [0.4, 0.5) is 5.69 Å². The lowest BCUT2D eigenvalue weighted by atomic mass is 9.92. The Bertz CT molecular complexity index is 3850. The number of pyridine rings is 3. The molecule has 5 aliphatic rings. The van der Waals surface area contributed by atoms with E-state index < -0.39 is 0 Å². The molecular formula is C63H42N8S. The molecule has 0 unspecified atom stereocenters. The van der Waals surface area contributed by atoms with Crippen molar-refractivity contribution >= 4 is 68.2 Å². The first kappa shape index (κ1) is 44.0. The summed E-state index contributed by atoms with van der Waals surface area (Å²) < 4.78 is 0. The van der Waals surface area contributed by atoms with E-state index in [1.54, 1.807) is 0 Å². The molecule has 8 nitrogen and oxygen atoms in total. The SMILES string of the molecule is Cc1ccnc(-c2ccccc2C2=C3C=CC(=N3)C(c3ccc(N=C=S)cc3)=C3C=CC(=N3)C(c3ccccc3-c3cc(C)ccn3)=C3C=CC(=N3)C(c3ccccc3-c3cc(C)ccn3)=C3C=CC2=N3)c1. The van der Waals surface area contributed by atoms with Crippen molar-refractivity contribution in [3.8, 4) is 33.8 Å². The van der Waals surface area contributed by atoms with E-state index in [0.717, 1.165) is 141 Å². The summed E-state index contributed by atoms with van der Waals surface area (Å²) in [7, 11) is 0. The number of aryl methyl sites for hydroxylation is 3. The summed E-state index contributed by atoms with van der Waals surface area (Å²) in [6.45, 7) is 6.26. The molecule has 72 heavy (non-hydrogen) atoms. The summed E-state index contributed by atoms with van der Waals surface area (Å²) in [4.78, 5) is 41.3. The van der Waals surface area contributed by atoms with Crippen LogP contribution in [0.1, 0.15) is 38.9 Å². The molecule has 0 radical (unpaired) electrons. The number of rotatable bonds is 8. The van der Waals surface area contributed by atoms with E-state index >= 15 is 0 Å². The van der Waals surface area contributed by atoms with Crippen LogP contribution in [0, 0.1) is 20.8 Å². The molecule has 4 aromatic carbocycles. The lowest BCUT2D eigenvalue weighted by molar-refractivity contribution is 1.28. The quantitative estimate of drug-likeness (QED) is 0.112. The number of thiocarbonyl (C=S) groups is 1. The molecule has 0 amide bonds. The van der Waals surface area contributed by atoms with E-state index in [2.05, 4.69) is 171 Å². The van der Waals surface area contributed by atoms with Crippen molar-refractivity contribution in [2.75, 3.05) is 0 Å².